The second-order valence-corrected chi connectivity index (χ2v) is 12.1. The molecule has 0 radical (unpaired) electrons. The van der Waals surface area contributed by atoms with Crippen LogP contribution in [0.5, 0.6) is 0 Å². The molecule has 4 rings (SSSR count). The molecule has 4 fully saturated rings. The molecule has 0 spiro atoms. The highest BCUT2D eigenvalue weighted by Crippen LogP contribution is 2.68. The van der Waals surface area contributed by atoms with Gasteiger partial charge in [0.15, 0.2) is 0 Å². The van der Waals surface area contributed by atoms with E-state index in [-0.39, 0.29) is 29.1 Å². The minimum Gasteiger partial charge on any atom is -0.393 e. The summed E-state index contributed by atoms with van der Waals surface area (Å²) in [6.07, 6.45) is 7.37. The van der Waals surface area contributed by atoms with Crippen LogP contribution in [0.3, 0.4) is 0 Å². The third-order valence-electron chi connectivity index (χ3n) is 10.4. The van der Waals surface area contributed by atoms with Gasteiger partial charge in [-0.3, -0.25) is 0 Å². The van der Waals surface area contributed by atoms with E-state index in [1.165, 1.54) is 19.3 Å². The van der Waals surface area contributed by atoms with E-state index in [1.54, 1.807) is 0 Å². The Morgan fingerprint density at radius 3 is 2.29 bits per heavy atom. The van der Waals surface area contributed by atoms with Gasteiger partial charge in [-0.25, -0.2) is 0 Å². The van der Waals surface area contributed by atoms with Crippen LogP contribution in [-0.4, -0.2) is 33.6 Å². The van der Waals surface area contributed by atoms with Crippen molar-refractivity contribution in [2.75, 3.05) is 0 Å². The predicted molar refractivity (Wildman–Crippen MR) is 113 cm³/mol. The summed E-state index contributed by atoms with van der Waals surface area (Å²) in [4.78, 5) is 0. The summed E-state index contributed by atoms with van der Waals surface area (Å²) in [5.41, 5.74) is 0.126. The van der Waals surface area contributed by atoms with Gasteiger partial charge in [0.25, 0.3) is 0 Å². The normalized spacial score (nSPS) is 54.8. The van der Waals surface area contributed by atoms with Crippen LogP contribution in [0.1, 0.15) is 86.0 Å². The van der Waals surface area contributed by atoms with Gasteiger partial charge >= 0.3 is 0 Å². The number of aliphatic hydroxyl groups is 3. The van der Waals surface area contributed by atoms with Gasteiger partial charge in [0.1, 0.15) is 0 Å². The number of hydrogen-bond acceptors (Lipinski definition) is 3. The topological polar surface area (TPSA) is 60.7 Å². The lowest BCUT2D eigenvalue weighted by Crippen LogP contribution is -2.62. The van der Waals surface area contributed by atoms with E-state index < -0.39 is 0 Å². The number of aliphatic hydroxyl groups excluding tert-OH is 3. The summed E-state index contributed by atoms with van der Waals surface area (Å²) in [5.74, 6) is 3.49. The van der Waals surface area contributed by atoms with Crippen LogP contribution in [-0.2, 0) is 0 Å². The Morgan fingerprint density at radius 1 is 0.893 bits per heavy atom. The highest BCUT2D eigenvalue weighted by Gasteiger charge is 2.65. The van der Waals surface area contributed by atoms with Gasteiger partial charge in [-0.05, 0) is 104 Å². The summed E-state index contributed by atoms with van der Waals surface area (Å²) in [6, 6.07) is 0. The molecule has 0 aliphatic heterocycles. The first-order chi connectivity index (χ1) is 13.1. The van der Waals surface area contributed by atoms with Crippen molar-refractivity contribution in [3.63, 3.8) is 0 Å². The fraction of sp³-hybridized carbons (Fsp3) is 1.00. The summed E-state index contributed by atoms with van der Waals surface area (Å²) >= 11 is 0. The quantitative estimate of drug-likeness (QED) is 0.656. The SMILES string of the molecule is CC(C)CC(C)C1CCC2C3C(C[C@H](O)[C@]12C)[C@@]1(C)CC[C@@H](O)CC1C[C@H]3O. The number of hydrogen-bond donors (Lipinski definition) is 3. The Hall–Kier alpha value is -0.120. The van der Waals surface area contributed by atoms with Gasteiger partial charge in [-0.2, -0.15) is 0 Å². The van der Waals surface area contributed by atoms with Crippen LogP contribution in [0, 0.1) is 52.3 Å². The predicted octanol–water partition coefficient (Wildman–Crippen LogP) is 4.63. The third-order valence-corrected chi connectivity index (χ3v) is 10.4. The third kappa shape index (κ3) is 3.02. The Kier molecular flexibility index (Phi) is 5.46. The molecular weight excluding hydrogens is 348 g/mol. The molecular formula is C25H44O3. The highest BCUT2D eigenvalue weighted by atomic mass is 16.3. The number of fused-ring (bicyclic) bond motifs is 5. The van der Waals surface area contributed by atoms with Crippen molar-refractivity contribution in [1.29, 1.82) is 0 Å². The van der Waals surface area contributed by atoms with Crippen molar-refractivity contribution in [2.45, 2.75) is 104 Å². The number of rotatable bonds is 3. The largest absolute Gasteiger partial charge is 0.393 e. The molecule has 162 valence electrons. The molecule has 4 aliphatic carbocycles. The minimum absolute atomic E-state index is 0.0478. The van der Waals surface area contributed by atoms with E-state index in [1.807, 2.05) is 0 Å². The molecule has 4 saturated carbocycles. The van der Waals surface area contributed by atoms with E-state index >= 15 is 0 Å². The second-order valence-electron chi connectivity index (χ2n) is 12.1. The molecule has 0 heterocycles. The van der Waals surface area contributed by atoms with Gasteiger partial charge in [-0.15, -0.1) is 0 Å². The standard InChI is InChI=1S/C25H44O3/c1-14(2)10-15(3)18-6-7-19-23-20(13-22(28)25(18,19)5)24(4)9-8-17(26)11-16(24)12-21(23)27/h14-23,26-28H,6-13H2,1-5H3/t15?,16?,17-,18?,19?,20?,21-,22+,23?,24+,25-/m1/s1. The van der Waals surface area contributed by atoms with Crippen molar-refractivity contribution in [2.24, 2.45) is 52.3 Å². The van der Waals surface area contributed by atoms with Crippen molar-refractivity contribution in [3.05, 3.63) is 0 Å². The maximum atomic E-state index is 11.5. The smallest absolute Gasteiger partial charge is 0.0602 e. The van der Waals surface area contributed by atoms with Gasteiger partial charge in [0.05, 0.1) is 18.3 Å². The molecule has 4 aliphatic rings. The highest BCUT2D eigenvalue weighted by molar-refractivity contribution is 5.14. The second kappa shape index (κ2) is 7.24. The van der Waals surface area contributed by atoms with Crippen LogP contribution in [0.2, 0.25) is 0 Å². The summed E-state index contributed by atoms with van der Waals surface area (Å²) in [7, 11) is 0. The Morgan fingerprint density at radius 2 is 1.61 bits per heavy atom. The van der Waals surface area contributed by atoms with Gasteiger partial charge in [-0.1, -0.05) is 34.6 Å². The molecule has 0 amide bonds. The average molecular weight is 393 g/mol. The molecule has 3 heteroatoms. The van der Waals surface area contributed by atoms with Crippen LogP contribution < -0.4 is 0 Å². The molecule has 0 aromatic rings. The molecule has 0 bridgehead atoms. The van der Waals surface area contributed by atoms with Gasteiger partial charge in [0.2, 0.25) is 0 Å². The van der Waals surface area contributed by atoms with Crippen molar-refractivity contribution in [3.8, 4) is 0 Å². The lowest BCUT2D eigenvalue weighted by Gasteiger charge is -2.63. The van der Waals surface area contributed by atoms with Crippen LogP contribution in [0.15, 0.2) is 0 Å². The fourth-order valence-corrected chi connectivity index (χ4v) is 9.04. The first kappa shape index (κ1) is 21.1. The molecule has 11 atom stereocenters. The van der Waals surface area contributed by atoms with Crippen LogP contribution >= 0.6 is 0 Å². The van der Waals surface area contributed by atoms with Crippen molar-refractivity contribution < 1.29 is 15.3 Å². The monoisotopic (exact) mass is 392 g/mol. The van der Waals surface area contributed by atoms with Gasteiger partial charge in [0, 0.05) is 0 Å². The molecule has 0 aromatic carbocycles. The summed E-state index contributed by atoms with van der Waals surface area (Å²) in [5, 5.41) is 33.1. The zero-order valence-corrected chi connectivity index (χ0v) is 18.8. The average Bonchev–Trinajstić information content (AvgIpc) is 2.95. The van der Waals surface area contributed by atoms with Crippen molar-refractivity contribution >= 4 is 0 Å². The van der Waals surface area contributed by atoms with Gasteiger partial charge < -0.3 is 15.3 Å². The molecule has 0 aromatic heterocycles. The molecule has 3 nitrogen and oxygen atoms in total. The minimum atomic E-state index is -0.260. The molecule has 3 N–H and O–H groups in total. The zero-order valence-electron chi connectivity index (χ0n) is 18.8. The lowest BCUT2D eigenvalue weighted by atomic mass is 9.43. The Labute approximate surface area is 172 Å². The van der Waals surface area contributed by atoms with E-state index in [0.29, 0.717) is 41.4 Å². The molecule has 6 unspecified atom stereocenters. The van der Waals surface area contributed by atoms with E-state index in [9.17, 15) is 15.3 Å². The summed E-state index contributed by atoms with van der Waals surface area (Å²) < 4.78 is 0. The first-order valence-corrected chi connectivity index (χ1v) is 12.1. The van der Waals surface area contributed by atoms with E-state index in [0.717, 1.165) is 32.1 Å². The van der Waals surface area contributed by atoms with Crippen molar-refractivity contribution in [1.82, 2.24) is 0 Å². The zero-order chi connectivity index (χ0) is 20.4. The molecule has 28 heavy (non-hydrogen) atoms. The lowest BCUT2D eigenvalue weighted by molar-refractivity contribution is -0.207. The Balaban J connectivity index is 1.64. The maximum Gasteiger partial charge on any atom is 0.0602 e. The fourth-order valence-electron chi connectivity index (χ4n) is 9.04. The summed E-state index contributed by atoms with van der Waals surface area (Å²) in [6.45, 7) is 11.8. The van der Waals surface area contributed by atoms with Crippen LogP contribution in [0.25, 0.3) is 0 Å². The maximum absolute atomic E-state index is 11.5. The first-order valence-electron chi connectivity index (χ1n) is 12.1. The molecule has 0 saturated heterocycles. The van der Waals surface area contributed by atoms with E-state index in [4.69, 9.17) is 0 Å². The van der Waals surface area contributed by atoms with E-state index in [2.05, 4.69) is 34.6 Å². The van der Waals surface area contributed by atoms with Crippen LogP contribution in [0.4, 0.5) is 0 Å². The Bertz CT molecular complexity index is 576.